The third-order valence-electron chi connectivity index (χ3n) is 3.09. The molecule has 0 saturated carbocycles. The van der Waals surface area contributed by atoms with Gasteiger partial charge >= 0.3 is 12.1 Å². The maximum atomic E-state index is 12.4. The average Bonchev–Trinajstić information content (AvgIpc) is 2.60. The molecule has 2 N–H and O–H groups in total. The minimum Gasteiger partial charge on any atom is -0.481 e. The van der Waals surface area contributed by atoms with Gasteiger partial charge in [-0.15, -0.1) is 0 Å². The zero-order chi connectivity index (χ0) is 16.9. The summed E-state index contributed by atoms with van der Waals surface area (Å²) >= 11 is 0. The van der Waals surface area contributed by atoms with Crippen molar-refractivity contribution in [3.05, 3.63) is 17.0 Å². The predicted octanol–water partition coefficient (Wildman–Crippen LogP) is 1.59. The highest BCUT2D eigenvalue weighted by atomic mass is 19.4. The Labute approximate surface area is 125 Å². The summed E-state index contributed by atoms with van der Waals surface area (Å²) in [5, 5.41) is 14.8. The largest absolute Gasteiger partial charge is 0.481 e. The van der Waals surface area contributed by atoms with E-state index in [1.54, 1.807) is 6.92 Å². The lowest BCUT2D eigenvalue weighted by Crippen LogP contribution is -2.27. The molecule has 0 fully saturated rings. The molecule has 1 amide bonds. The van der Waals surface area contributed by atoms with Crippen LogP contribution in [0.2, 0.25) is 0 Å². The van der Waals surface area contributed by atoms with Crippen LogP contribution in [0.3, 0.4) is 0 Å². The van der Waals surface area contributed by atoms with Gasteiger partial charge in [0.25, 0.3) is 0 Å². The van der Waals surface area contributed by atoms with Crippen molar-refractivity contribution in [2.75, 3.05) is 6.54 Å². The highest BCUT2D eigenvalue weighted by molar-refractivity contribution is 5.79. The van der Waals surface area contributed by atoms with Crippen molar-refractivity contribution in [2.24, 2.45) is 0 Å². The zero-order valence-corrected chi connectivity index (χ0v) is 12.3. The van der Waals surface area contributed by atoms with Gasteiger partial charge in [0.05, 0.1) is 12.1 Å². The summed E-state index contributed by atoms with van der Waals surface area (Å²) < 4.78 is 38.1. The van der Waals surface area contributed by atoms with E-state index in [0.29, 0.717) is 23.4 Å². The first kappa shape index (κ1) is 18.0. The van der Waals surface area contributed by atoms with E-state index < -0.39 is 18.7 Å². The van der Waals surface area contributed by atoms with Crippen molar-refractivity contribution in [1.82, 2.24) is 15.1 Å². The van der Waals surface area contributed by atoms with Crippen LogP contribution in [0.25, 0.3) is 0 Å². The first-order chi connectivity index (χ1) is 10.1. The van der Waals surface area contributed by atoms with E-state index in [1.807, 2.05) is 0 Å². The Balaban J connectivity index is 2.62. The quantitative estimate of drug-likeness (QED) is 0.747. The number of nitrogens with zero attached hydrogens (tertiary/aromatic N) is 2. The minimum atomic E-state index is -4.38. The Morgan fingerprint density at radius 3 is 2.50 bits per heavy atom. The summed E-state index contributed by atoms with van der Waals surface area (Å²) in [6.45, 7) is 2.05. The lowest BCUT2D eigenvalue weighted by molar-refractivity contribution is -0.143. The fourth-order valence-electron chi connectivity index (χ4n) is 2.00. The zero-order valence-electron chi connectivity index (χ0n) is 12.3. The van der Waals surface area contributed by atoms with Crippen molar-refractivity contribution >= 4 is 11.9 Å². The molecule has 0 bridgehead atoms. The van der Waals surface area contributed by atoms with Crippen molar-refractivity contribution in [2.45, 2.75) is 45.8 Å². The Hall–Kier alpha value is -2.06. The second kappa shape index (κ2) is 7.28. The molecule has 1 heterocycles. The third kappa shape index (κ3) is 5.74. The summed E-state index contributed by atoms with van der Waals surface area (Å²) in [5.74, 6) is -1.32. The Morgan fingerprint density at radius 2 is 1.95 bits per heavy atom. The van der Waals surface area contributed by atoms with Crippen LogP contribution in [0.5, 0.6) is 0 Å². The van der Waals surface area contributed by atoms with Crippen LogP contribution in [-0.2, 0) is 22.6 Å². The van der Waals surface area contributed by atoms with E-state index in [9.17, 15) is 22.8 Å². The number of halogens is 3. The van der Waals surface area contributed by atoms with Gasteiger partial charge in [-0.25, -0.2) is 0 Å². The topological polar surface area (TPSA) is 84.2 Å². The molecule has 1 aromatic rings. The summed E-state index contributed by atoms with van der Waals surface area (Å²) in [7, 11) is 0. The molecular formula is C13H18F3N3O3. The van der Waals surface area contributed by atoms with E-state index in [0.717, 1.165) is 4.68 Å². The Bertz CT molecular complexity index is 553. The minimum absolute atomic E-state index is 0.0537. The number of alkyl halides is 3. The summed E-state index contributed by atoms with van der Waals surface area (Å²) in [6.07, 6.45) is -4.21. The number of carbonyl (C=O) groups is 2. The fraction of sp³-hybridized carbons (Fsp3) is 0.615. The van der Waals surface area contributed by atoms with Crippen LogP contribution >= 0.6 is 0 Å². The number of nitrogens with one attached hydrogen (secondary N) is 1. The van der Waals surface area contributed by atoms with E-state index in [4.69, 9.17) is 5.11 Å². The van der Waals surface area contributed by atoms with Crippen molar-refractivity contribution in [3.63, 3.8) is 0 Å². The summed E-state index contributed by atoms with van der Waals surface area (Å²) in [6, 6.07) is 0. The molecule has 0 saturated heterocycles. The van der Waals surface area contributed by atoms with Gasteiger partial charge in [0.15, 0.2) is 0 Å². The van der Waals surface area contributed by atoms with Crippen LogP contribution in [0.1, 0.15) is 29.8 Å². The molecule has 22 heavy (non-hydrogen) atoms. The van der Waals surface area contributed by atoms with Crippen LogP contribution in [-0.4, -0.2) is 39.5 Å². The maximum absolute atomic E-state index is 12.4. The van der Waals surface area contributed by atoms with Gasteiger partial charge < -0.3 is 10.4 Å². The second-order valence-corrected chi connectivity index (χ2v) is 4.95. The fourth-order valence-corrected chi connectivity index (χ4v) is 2.00. The highest BCUT2D eigenvalue weighted by Gasteiger charge is 2.30. The van der Waals surface area contributed by atoms with Gasteiger partial charge in [-0.1, -0.05) is 0 Å². The molecule has 0 aromatic carbocycles. The number of rotatable bonds is 7. The third-order valence-corrected chi connectivity index (χ3v) is 3.09. The van der Waals surface area contributed by atoms with Crippen LogP contribution < -0.4 is 5.32 Å². The predicted molar refractivity (Wildman–Crippen MR) is 71.3 cm³/mol. The summed E-state index contributed by atoms with van der Waals surface area (Å²) in [4.78, 5) is 22.1. The van der Waals surface area contributed by atoms with Crippen LogP contribution in [0.4, 0.5) is 13.2 Å². The maximum Gasteiger partial charge on any atom is 0.408 e. The van der Waals surface area contributed by atoms with Crippen molar-refractivity contribution in [1.29, 1.82) is 0 Å². The van der Waals surface area contributed by atoms with Gasteiger partial charge in [0.2, 0.25) is 5.91 Å². The monoisotopic (exact) mass is 321 g/mol. The van der Waals surface area contributed by atoms with Crippen molar-refractivity contribution < 1.29 is 27.9 Å². The lowest BCUT2D eigenvalue weighted by atomic mass is 10.1. The number of aromatic nitrogens is 2. The Morgan fingerprint density at radius 1 is 1.32 bits per heavy atom. The molecule has 0 unspecified atom stereocenters. The molecule has 0 aliphatic rings. The standard InChI is InChI=1S/C13H18F3N3O3/c1-8-10(6-11(20)17-5-3-4-12(21)22)9(2)19(18-8)7-13(14,15)16/h3-7H2,1-2H3,(H,17,20)(H,21,22). The molecule has 0 aliphatic carbocycles. The SMILES string of the molecule is Cc1nn(CC(F)(F)F)c(C)c1CC(=O)NCCCC(=O)O. The first-order valence-electron chi connectivity index (χ1n) is 6.68. The molecule has 0 spiro atoms. The molecule has 1 rings (SSSR count). The van der Waals surface area contributed by atoms with E-state index in [-0.39, 0.29) is 25.3 Å². The number of aliphatic carboxylic acids is 1. The highest BCUT2D eigenvalue weighted by Crippen LogP contribution is 2.21. The molecule has 0 atom stereocenters. The number of amides is 1. The van der Waals surface area contributed by atoms with Gasteiger partial charge in [0.1, 0.15) is 6.54 Å². The van der Waals surface area contributed by atoms with Gasteiger partial charge in [-0.2, -0.15) is 18.3 Å². The molecule has 6 nitrogen and oxygen atoms in total. The molecule has 0 aliphatic heterocycles. The van der Waals surface area contributed by atoms with Crippen LogP contribution in [0.15, 0.2) is 0 Å². The van der Waals surface area contributed by atoms with Crippen LogP contribution in [0, 0.1) is 13.8 Å². The van der Waals surface area contributed by atoms with Gasteiger partial charge in [0, 0.05) is 24.2 Å². The van der Waals surface area contributed by atoms with Gasteiger partial charge in [-0.05, 0) is 20.3 Å². The number of aryl methyl sites for hydroxylation is 1. The second-order valence-electron chi connectivity index (χ2n) is 4.95. The van der Waals surface area contributed by atoms with E-state index in [2.05, 4.69) is 10.4 Å². The molecule has 1 aromatic heterocycles. The summed E-state index contributed by atoms with van der Waals surface area (Å²) in [5.41, 5.74) is 1.14. The molecule has 124 valence electrons. The normalized spacial score (nSPS) is 11.5. The smallest absolute Gasteiger partial charge is 0.408 e. The number of carbonyl (C=O) groups excluding carboxylic acids is 1. The first-order valence-corrected chi connectivity index (χ1v) is 6.68. The average molecular weight is 321 g/mol. The number of carboxylic acid groups (broad SMARTS) is 1. The molecular weight excluding hydrogens is 303 g/mol. The Kier molecular flexibility index (Phi) is 5.95. The number of hydrogen-bond donors (Lipinski definition) is 2. The number of carboxylic acids is 1. The molecule has 9 heteroatoms. The van der Waals surface area contributed by atoms with Gasteiger partial charge in [-0.3, -0.25) is 14.3 Å². The molecule has 0 radical (unpaired) electrons. The lowest BCUT2D eigenvalue weighted by Gasteiger charge is -2.09. The van der Waals surface area contributed by atoms with Crippen molar-refractivity contribution in [3.8, 4) is 0 Å². The van der Waals surface area contributed by atoms with E-state index >= 15 is 0 Å². The van der Waals surface area contributed by atoms with E-state index in [1.165, 1.54) is 6.92 Å². The number of hydrogen-bond acceptors (Lipinski definition) is 3.